The zero-order valence-electron chi connectivity index (χ0n) is 22.0. The van der Waals surface area contributed by atoms with Crippen molar-refractivity contribution in [1.82, 2.24) is 4.90 Å². The Balaban J connectivity index is 1.73. The second-order valence-electron chi connectivity index (χ2n) is 10.9. The molecular formula is C28H30F6N2O3. The zero-order valence-corrected chi connectivity index (χ0v) is 22.0. The van der Waals surface area contributed by atoms with Gasteiger partial charge in [-0.3, -0.25) is 4.90 Å². The van der Waals surface area contributed by atoms with Crippen molar-refractivity contribution in [3.8, 4) is 5.75 Å². The number of nitrogens with two attached hydrogens (primary N) is 1. The summed E-state index contributed by atoms with van der Waals surface area (Å²) in [4.78, 5) is 14.3. The van der Waals surface area contributed by atoms with Crippen LogP contribution < -0.4 is 10.5 Å². The van der Waals surface area contributed by atoms with E-state index in [9.17, 15) is 31.1 Å². The molecule has 2 unspecified atom stereocenters. The van der Waals surface area contributed by atoms with Crippen molar-refractivity contribution in [2.45, 2.75) is 64.5 Å². The number of alkyl halides is 6. The summed E-state index contributed by atoms with van der Waals surface area (Å²) in [5.74, 6) is 0.606. The predicted molar refractivity (Wildman–Crippen MR) is 134 cm³/mol. The van der Waals surface area contributed by atoms with Crippen molar-refractivity contribution < 1.29 is 40.6 Å². The van der Waals surface area contributed by atoms with Crippen LogP contribution in [0.5, 0.6) is 5.75 Å². The maximum atomic E-state index is 13.4. The van der Waals surface area contributed by atoms with E-state index in [1.54, 1.807) is 25.1 Å². The molecule has 11 heteroatoms. The van der Waals surface area contributed by atoms with Crippen LogP contribution in [0, 0.1) is 5.41 Å². The van der Waals surface area contributed by atoms with Crippen LogP contribution in [-0.4, -0.2) is 30.7 Å². The first-order valence-corrected chi connectivity index (χ1v) is 12.4. The quantitative estimate of drug-likeness (QED) is 0.301. The van der Waals surface area contributed by atoms with Crippen LogP contribution in [0.3, 0.4) is 0 Å². The van der Waals surface area contributed by atoms with E-state index in [0.29, 0.717) is 36.4 Å². The Kier molecular flexibility index (Phi) is 7.33. The summed E-state index contributed by atoms with van der Waals surface area (Å²) >= 11 is 0. The molecule has 0 radical (unpaired) electrons. The molecule has 5 nitrogen and oxygen atoms in total. The van der Waals surface area contributed by atoms with Crippen LogP contribution >= 0.6 is 0 Å². The van der Waals surface area contributed by atoms with Crippen molar-refractivity contribution in [1.29, 1.82) is 0 Å². The number of hydrogen-bond donors (Lipinski definition) is 1. The molecule has 1 saturated heterocycles. The molecule has 2 atom stereocenters. The molecule has 2 N–H and O–H groups in total. The molecular weight excluding hydrogens is 526 g/mol. The molecule has 212 valence electrons. The van der Waals surface area contributed by atoms with Gasteiger partial charge in [0.25, 0.3) is 0 Å². The van der Waals surface area contributed by atoms with Gasteiger partial charge in [-0.25, -0.2) is 4.79 Å². The lowest BCUT2D eigenvalue weighted by Crippen LogP contribution is -2.35. The Labute approximate surface area is 222 Å². The number of hydrogen-bond acceptors (Lipinski definition) is 4. The minimum atomic E-state index is -5.01. The summed E-state index contributed by atoms with van der Waals surface area (Å²) in [5.41, 5.74) is 5.83. The van der Waals surface area contributed by atoms with E-state index in [4.69, 9.17) is 15.2 Å². The highest BCUT2D eigenvalue weighted by atomic mass is 19.4. The Morgan fingerprint density at radius 1 is 1.05 bits per heavy atom. The van der Waals surface area contributed by atoms with Gasteiger partial charge in [-0.2, -0.15) is 26.3 Å². The molecule has 1 aliphatic heterocycles. The van der Waals surface area contributed by atoms with Gasteiger partial charge in [0.2, 0.25) is 0 Å². The maximum Gasteiger partial charge on any atom is 0.416 e. The maximum absolute atomic E-state index is 13.4. The molecule has 1 heterocycles. The number of benzene rings is 2. The first-order valence-electron chi connectivity index (χ1n) is 12.4. The van der Waals surface area contributed by atoms with Crippen molar-refractivity contribution >= 4 is 17.4 Å². The molecule has 0 saturated carbocycles. The van der Waals surface area contributed by atoms with Crippen LogP contribution in [0.15, 0.2) is 42.0 Å². The fraction of sp³-hybridized carbons (Fsp3) is 0.464. The van der Waals surface area contributed by atoms with E-state index >= 15 is 0 Å². The van der Waals surface area contributed by atoms with E-state index in [2.05, 4.69) is 13.8 Å². The number of anilines is 1. The minimum absolute atomic E-state index is 0.0584. The first kappa shape index (κ1) is 28.6. The second kappa shape index (κ2) is 9.98. The molecule has 2 aromatic rings. The topological polar surface area (TPSA) is 64.8 Å². The predicted octanol–water partition coefficient (Wildman–Crippen LogP) is 7.86. The number of carbonyl (C=O) groups excluding carboxylic acids is 1. The third-order valence-corrected chi connectivity index (χ3v) is 7.41. The average Bonchev–Trinajstić information content (AvgIpc) is 3.10. The number of ether oxygens (including phenoxy) is 2. The van der Waals surface area contributed by atoms with Crippen LogP contribution in [0.1, 0.15) is 68.4 Å². The number of halogens is 6. The van der Waals surface area contributed by atoms with Gasteiger partial charge < -0.3 is 15.2 Å². The highest BCUT2D eigenvalue weighted by molar-refractivity contribution is 5.78. The summed E-state index contributed by atoms with van der Waals surface area (Å²) in [6, 6.07) is 5.71. The van der Waals surface area contributed by atoms with Crippen LogP contribution in [-0.2, 0) is 17.1 Å². The van der Waals surface area contributed by atoms with Crippen molar-refractivity contribution in [2.24, 2.45) is 5.41 Å². The zero-order chi connectivity index (χ0) is 28.9. The van der Waals surface area contributed by atoms with Crippen LogP contribution in [0.2, 0.25) is 0 Å². The van der Waals surface area contributed by atoms with Crippen molar-refractivity contribution in [3.05, 3.63) is 64.2 Å². The van der Waals surface area contributed by atoms with E-state index < -0.39 is 41.7 Å². The number of rotatable bonds is 5. The molecule has 1 aliphatic carbocycles. The third-order valence-electron chi connectivity index (χ3n) is 7.41. The summed E-state index contributed by atoms with van der Waals surface area (Å²) in [5, 5.41) is 0. The summed E-state index contributed by atoms with van der Waals surface area (Å²) in [6.45, 7) is 5.84. The molecule has 4 rings (SSSR count). The van der Waals surface area contributed by atoms with Gasteiger partial charge >= 0.3 is 18.4 Å². The molecule has 1 fully saturated rings. The number of nitrogens with zero attached hydrogens (tertiary/aromatic N) is 1. The molecule has 1 amide bonds. The number of nitrogen functional groups attached to an aromatic ring is 1. The number of amides is 1. The normalized spacial score (nSPS) is 21.8. The van der Waals surface area contributed by atoms with E-state index in [0.717, 1.165) is 23.1 Å². The van der Waals surface area contributed by atoms with Gasteiger partial charge in [0.05, 0.1) is 24.3 Å². The highest BCUT2D eigenvalue weighted by Gasteiger charge is 2.44. The fourth-order valence-corrected chi connectivity index (χ4v) is 5.36. The smallest absolute Gasteiger partial charge is 0.416 e. The Hall–Kier alpha value is -3.37. The number of methoxy groups -OCH3 is 1. The van der Waals surface area contributed by atoms with Gasteiger partial charge in [-0.15, -0.1) is 0 Å². The molecule has 39 heavy (non-hydrogen) atoms. The molecule has 0 aromatic heterocycles. The largest absolute Gasteiger partial charge is 0.496 e. The van der Waals surface area contributed by atoms with E-state index in [1.165, 1.54) is 12.0 Å². The van der Waals surface area contributed by atoms with Gasteiger partial charge in [-0.1, -0.05) is 13.8 Å². The lowest BCUT2D eigenvalue weighted by molar-refractivity contribution is -0.143. The molecule has 0 bridgehead atoms. The van der Waals surface area contributed by atoms with Crippen molar-refractivity contribution in [3.63, 3.8) is 0 Å². The van der Waals surface area contributed by atoms with Crippen molar-refractivity contribution in [2.75, 3.05) is 19.4 Å². The van der Waals surface area contributed by atoms with Crippen LogP contribution in [0.25, 0.3) is 5.57 Å². The minimum Gasteiger partial charge on any atom is -0.496 e. The average molecular weight is 557 g/mol. The fourth-order valence-electron chi connectivity index (χ4n) is 5.36. The van der Waals surface area contributed by atoms with Gasteiger partial charge in [-0.05, 0) is 84.7 Å². The van der Waals surface area contributed by atoms with Crippen LogP contribution in [0.4, 0.5) is 36.8 Å². The standard InChI is InChI=1S/C28H30F6N2O3/c1-15-24(16-9-18(27(29,30)31)11-19(10-16)28(32,33)34)39-25(37)36(15)14-17-13-26(2,3)8-7-21(17)22-12-20(35)5-6-23(22)38-4/h5-6,9-12,15,24H,7-8,13-14,35H2,1-4H3. The Morgan fingerprint density at radius 2 is 1.67 bits per heavy atom. The Bertz CT molecular complexity index is 1270. The van der Waals surface area contributed by atoms with Gasteiger partial charge in [0, 0.05) is 17.8 Å². The first-order chi connectivity index (χ1) is 18.0. The molecule has 0 spiro atoms. The lowest BCUT2D eigenvalue weighted by atomic mass is 9.72. The molecule has 2 aliphatic rings. The van der Waals surface area contributed by atoms with E-state index in [1.807, 2.05) is 0 Å². The summed E-state index contributed by atoms with van der Waals surface area (Å²) < 4.78 is 91.6. The Morgan fingerprint density at radius 3 is 2.23 bits per heavy atom. The van der Waals surface area contributed by atoms with Gasteiger partial charge in [0.15, 0.2) is 0 Å². The second-order valence-corrected chi connectivity index (χ2v) is 10.9. The summed E-state index contributed by atoms with van der Waals surface area (Å²) in [6.07, 6.45) is -10.0. The number of cyclic esters (lactones) is 1. The monoisotopic (exact) mass is 556 g/mol. The SMILES string of the molecule is COc1ccc(N)cc1C1=C(CN2C(=O)OC(c3cc(C(F)(F)F)cc(C(F)(F)F)c3)C2C)CC(C)(C)CC1. The summed E-state index contributed by atoms with van der Waals surface area (Å²) in [7, 11) is 1.54. The lowest BCUT2D eigenvalue weighted by Gasteiger charge is -2.36. The third kappa shape index (κ3) is 5.96. The van der Waals surface area contributed by atoms with Gasteiger partial charge in [0.1, 0.15) is 11.9 Å². The number of allylic oxidation sites excluding steroid dienone is 1. The number of carbonyl (C=O) groups is 1. The molecule has 2 aromatic carbocycles. The van der Waals surface area contributed by atoms with E-state index in [-0.39, 0.29) is 23.6 Å². The highest BCUT2D eigenvalue weighted by Crippen LogP contribution is 2.46.